The predicted octanol–water partition coefficient (Wildman–Crippen LogP) is 3.33. The minimum atomic E-state index is 0.383. The fraction of sp³-hybridized carbons (Fsp3) is 0.600. The first-order chi connectivity index (χ1) is 8.61. The second kappa shape index (κ2) is 6.05. The Kier molecular flexibility index (Phi) is 4.66. The molecule has 0 saturated carbocycles. The summed E-state index contributed by atoms with van der Waals surface area (Å²) in [4.78, 5) is 2.59. The molecule has 1 fully saturated rings. The van der Waals surface area contributed by atoms with E-state index in [1.807, 2.05) is 12.1 Å². The Bertz CT molecular complexity index is 392. The molecule has 3 heteroatoms. The number of rotatable bonds is 3. The van der Waals surface area contributed by atoms with Crippen molar-refractivity contribution >= 4 is 11.6 Å². The highest BCUT2D eigenvalue weighted by Gasteiger charge is 2.29. The highest BCUT2D eigenvalue weighted by atomic mass is 35.5. The predicted molar refractivity (Wildman–Crippen MR) is 78.1 cm³/mol. The molecular weight excluding hydrogens is 244 g/mol. The summed E-state index contributed by atoms with van der Waals surface area (Å²) in [6, 6.07) is 9.17. The van der Waals surface area contributed by atoms with Gasteiger partial charge in [-0.1, -0.05) is 43.6 Å². The number of hydrogen-bond donors (Lipinski definition) is 1. The van der Waals surface area contributed by atoms with E-state index in [4.69, 9.17) is 11.6 Å². The quantitative estimate of drug-likeness (QED) is 0.903. The van der Waals surface area contributed by atoms with Crippen LogP contribution in [0.1, 0.15) is 32.4 Å². The van der Waals surface area contributed by atoms with E-state index in [0.29, 0.717) is 18.0 Å². The van der Waals surface area contributed by atoms with Crippen LogP contribution in [0.2, 0.25) is 5.02 Å². The van der Waals surface area contributed by atoms with Crippen LogP contribution in [0.5, 0.6) is 0 Å². The van der Waals surface area contributed by atoms with Crippen LogP contribution in [0.3, 0.4) is 0 Å². The van der Waals surface area contributed by atoms with Crippen LogP contribution in [0, 0.1) is 5.92 Å². The number of hydrogen-bond acceptors (Lipinski definition) is 2. The zero-order valence-corrected chi connectivity index (χ0v) is 12.2. The van der Waals surface area contributed by atoms with E-state index < -0.39 is 0 Å². The summed E-state index contributed by atoms with van der Waals surface area (Å²) in [5, 5.41) is 4.37. The Morgan fingerprint density at radius 1 is 1.28 bits per heavy atom. The molecule has 18 heavy (non-hydrogen) atoms. The largest absolute Gasteiger partial charge is 0.314 e. The van der Waals surface area contributed by atoms with Crippen molar-refractivity contribution in [1.82, 2.24) is 10.2 Å². The number of halogens is 1. The van der Waals surface area contributed by atoms with Gasteiger partial charge in [-0.3, -0.25) is 4.90 Å². The average Bonchev–Trinajstić information content (AvgIpc) is 2.38. The molecule has 1 heterocycles. The molecule has 100 valence electrons. The van der Waals surface area contributed by atoms with Crippen LogP contribution in [-0.4, -0.2) is 30.6 Å². The van der Waals surface area contributed by atoms with Gasteiger partial charge in [0.05, 0.1) is 0 Å². The van der Waals surface area contributed by atoms with E-state index in [0.717, 1.165) is 24.7 Å². The van der Waals surface area contributed by atoms with Gasteiger partial charge >= 0.3 is 0 Å². The first-order valence-corrected chi connectivity index (χ1v) is 7.20. The van der Waals surface area contributed by atoms with Gasteiger partial charge < -0.3 is 5.32 Å². The number of benzene rings is 1. The Morgan fingerprint density at radius 2 is 2.00 bits per heavy atom. The van der Waals surface area contributed by atoms with E-state index in [1.54, 1.807) is 0 Å². The van der Waals surface area contributed by atoms with Crippen LogP contribution in [-0.2, 0) is 0 Å². The second-order valence-corrected chi connectivity index (χ2v) is 5.86. The summed E-state index contributed by atoms with van der Waals surface area (Å²) in [6.07, 6.45) is 0. The van der Waals surface area contributed by atoms with Gasteiger partial charge in [0, 0.05) is 36.7 Å². The second-order valence-electron chi connectivity index (χ2n) is 5.45. The molecular formula is C15H23ClN2. The van der Waals surface area contributed by atoms with E-state index in [1.165, 1.54) is 5.56 Å². The summed E-state index contributed by atoms with van der Waals surface area (Å²) < 4.78 is 0. The number of nitrogens with zero attached hydrogens (tertiary/aromatic N) is 1. The molecule has 1 aliphatic rings. The molecule has 0 bridgehead atoms. The molecule has 0 spiro atoms. The van der Waals surface area contributed by atoms with Crippen LogP contribution in [0.25, 0.3) is 0 Å². The number of nitrogens with one attached hydrogen (secondary N) is 1. The van der Waals surface area contributed by atoms with Crippen molar-refractivity contribution in [3.63, 3.8) is 0 Å². The monoisotopic (exact) mass is 266 g/mol. The highest BCUT2D eigenvalue weighted by Crippen LogP contribution is 2.30. The third-order valence-electron chi connectivity index (χ3n) is 3.95. The zero-order valence-electron chi connectivity index (χ0n) is 11.5. The molecule has 2 atom stereocenters. The summed E-state index contributed by atoms with van der Waals surface area (Å²) in [5.41, 5.74) is 1.24. The van der Waals surface area contributed by atoms with E-state index in [2.05, 4.69) is 43.1 Å². The molecule has 2 unspecified atom stereocenters. The van der Waals surface area contributed by atoms with Crippen molar-refractivity contribution < 1.29 is 0 Å². The Hall–Kier alpha value is -0.570. The Labute approximate surface area is 115 Å². The molecule has 2 nitrogen and oxygen atoms in total. The van der Waals surface area contributed by atoms with Crippen molar-refractivity contribution in [3.8, 4) is 0 Å². The summed E-state index contributed by atoms with van der Waals surface area (Å²) in [7, 11) is 0. The molecule has 1 aromatic carbocycles. The van der Waals surface area contributed by atoms with Gasteiger partial charge in [-0.15, -0.1) is 0 Å². The molecule has 1 aromatic rings. The molecule has 0 amide bonds. The minimum Gasteiger partial charge on any atom is -0.314 e. The van der Waals surface area contributed by atoms with Crippen molar-refractivity contribution in [2.75, 3.05) is 19.6 Å². The van der Waals surface area contributed by atoms with Crippen molar-refractivity contribution in [2.24, 2.45) is 5.92 Å². The first-order valence-electron chi connectivity index (χ1n) is 6.82. The average molecular weight is 267 g/mol. The SMILES string of the molecule is CC(C)C1CNCCN1C(C)c1ccccc1Cl. The minimum absolute atomic E-state index is 0.383. The van der Waals surface area contributed by atoms with Gasteiger partial charge in [-0.25, -0.2) is 0 Å². The maximum Gasteiger partial charge on any atom is 0.0453 e. The van der Waals surface area contributed by atoms with E-state index in [9.17, 15) is 0 Å². The lowest BCUT2D eigenvalue weighted by atomic mass is 9.96. The van der Waals surface area contributed by atoms with E-state index in [-0.39, 0.29) is 0 Å². The fourth-order valence-electron chi connectivity index (χ4n) is 2.83. The molecule has 0 aliphatic carbocycles. The van der Waals surface area contributed by atoms with Gasteiger partial charge in [0.25, 0.3) is 0 Å². The van der Waals surface area contributed by atoms with Crippen molar-refractivity contribution in [1.29, 1.82) is 0 Å². The van der Waals surface area contributed by atoms with Crippen LogP contribution < -0.4 is 5.32 Å². The normalized spacial score (nSPS) is 23.3. The maximum atomic E-state index is 6.32. The molecule has 1 saturated heterocycles. The summed E-state index contributed by atoms with van der Waals surface area (Å²) in [6.45, 7) is 10.1. The standard InChI is InChI=1S/C15H23ClN2/c1-11(2)15-10-17-8-9-18(15)12(3)13-6-4-5-7-14(13)16/h4-7,11-12,15,17H,8-10H2,1-3H3. The van der Waals surface area contributed by atoms with Crippen molar-refractivity contribution in [3.05, 3.63) is 34.9 Å². The van der Waals surface area contributed by atoms with Gasteiger partial charge in [0.1, 0.15) is 0 Å². The lowest BCUT2D eigenvalue weighted by Crippen LogP contribution is -2.54. The smallest absolute Gasteiger partial charge is 0.0453 e. The maximum absolute atomic E-state index is 6.32. The van der Waals surface area contributed by atoms with Crippen molar-refractivity contribution in [2.45, 2.75) is 32.9 Å². The molecule has 1 aliphatic heterocycles. The third kappa shape index (κ3) is 2.87. The van der Waals surface area contributed by atoms with Crippen LogP contribution >= 0.6 is 11.6 Å². The molecule has 0 aromatic heterocycles. The number of piperazine rings is 1. The zero-order chi connectivity index (χ0) is 13.1. The topological polar surface area (TPSA) is 15.3 Å². The van der Waals surface area contributed by atoms with Gasteiger partial charge in [0.2, 0.25) is 0 Å². The van der Waals surface area contributed by atoms with E-state index >= 15 is 0 Å². The fourth-order valence-corrected chi connectivity index (χ4v) is 3.13. The first kappa shape index (κ1) is 13.9. The summed E-state index contributed by atoms with van der Waals surface area (Å²) >= 11 is 6.32. The Balaban J connectivity index is 2.21. The van der Waals surface area contributed by atoms with Crippen LogP contribution in [0.4, 0.5) is 0 Å². The highest BCUT2D eigenvalue weighted by molar-refractivity contribution is 6.31. The van der Waals surface area contributed by atoms with Gasteiger partial charge in [-0.2, -0.15) is 0 Å². The van der Waals surface area contributed by atoms with Gasteiger partial charge in [-0.05, 0) is 24.5 Å². The van der Waals surface area contributed by atoms with Crippen LogP contribution in [0.15, 0.2) is 24.3 Å². The molecule has 0 radical (unpaired) electrons. The lowest BCUT2D eigenvalue weighted by molar-refractivity contribution is 0.0844. The van der Waals surface area contributed by atoms with Gasteiger partial charge in [0.15, 0.2) is 0 Å². The Morgan fingerprint density at radius 3 is 2.67 bits per heavy atom. The molecule has 1 N–H and O–H groups in total. The summed E-state index contributed by atoms with van der Waals surface area (Å²) in [5.74, 6) is 0.655. The molecule has 2 rings (SSSR count). The lowest BCUT2D eigenvalue weighted by Gasteiger charge is -2.42. The third-order valence-corrected chi connectivity index (χ3v) is 4.29.